The second kappa shape index (κ2) is 7.84. The molecule has 57 valence electrons. The summed E-state index contributed by atoms with van der Waals surface area (Å²) in [6, 6.07) is 0. The van der Waals surface area contributed by atoms with Gasteiger partial charge in [0.25, 0.3) is 0 Å². The Morgan fingerprint density at radius 3 is 2.60 bits per heavy atom. The molecule has 0 bridgehead atoms. The monoisotopic (exact) mass is 215 g/mol. The van der Waals surface area contributed by atoms with Gasteiger partial charge in [-0.05, 0) is 0 Å². The van der Waals surface area contributed by atoms with Crippen LogP contribution < -0.4 is 0 Å². The van der Waals surface area contributed by atoms with Crippen molar-refractivity contribution in [2.75, 3.05) is 6.61 Å². The van der Waals surface area contributed by atoms with Crippen molar-refractivity contribution in [1.82, 2.24) is 0 Å². The Kier molecular flexibility index (Phi) is 10.4. The zero-order valence-corrected chi connectivity index (χ0v) is 8.57. The summed E-state index contributed by atoms with van der Waals surface area (Å²) in [4.78, 5) is 0. The normalized spacial score (nSPS) is 13.3. The SMILES string of the molecule is Cl.Cl.[Ti][O]CC1=CC=CC1. The fourth-order valence-electron chi connectivity index (χ4n) is 0.691. The van der Waals surface area contributed by atoms with Crippen LogP contribution in [0.25, 0.3) is 0 Å². The molecule has 0 saturated heterocycles. The van der Waals surface area contributed by atoms with E-state index < -0.39 is 0 Å². The first kappa shape index (κ1) is 13.3. The van der Waals surface area contributed by atoms with Gasteiger partial charge in [0.15, 0.2) is 0 Å². The Morgan fingerprint density at radius 2 is 2.20 bits per heavy atom. The predicted octanol–water partition coefficient (Wildman–Crippen LogP) is 2.19. The molecule has 1 nitrogen and oxygen atoms in total. The molecule has 0 aromatic rings. The van der Waals surface area contributed by atoms with Crippen molar-refractivity contribution in [3.8, 4) is 0 Å². The second-order valence-electron chi connectivity index (χ2n) is 1.75. The molecule has 0 spiro atoms. The summed E-state index contributed by atoms with van der Waals surface area (Å²) in [7, 11) is 0. The van der Waals surface area contributed by atoms with Crippen LogP contribution in [0.4, 0.5) is 0 Å². The molecule has 0 fully saturated rings. The van der Waals surface area contributed by atoms with Crippen LogP contribution in [0.15, 0.2) is 23.8 Å². The summed E-state index contributed by atoms with van der Waals surface area (Å²) >= 11 is 1.72. The second-order valence-corrected chi connectivity index (χ2v) is 2.20. The summed E-state index contributed by atoms with van der Waals surface area (Å²) in [6.07, 6.45) is 7.38. The first-order valence-electron chi connectivity index (χ1n) is 2.56. The van der Waals surface area contributed by atoms with E-state index >= 15 is 0 Å². The third kappa shape index (κ3) is 4.53. The van der Waals surface area contributed by atoms with Gasteiger partial charge in [-0.1, -0.05) is 0 Å². The molecule has 0 amide bonds. The van der Waals surface area contributed by atoms with Crippen molar-refractivity contribution < 1.29 is 24.1 Å². The van der Waals surface area contributed by atoms with Gasteiger partial charge in [0, 0.05) is 0 Å². The van der Waals surface area contributed by atoms with Crippen LogP contribution in [0.5, 0.6) is 0 Å². The van der Waals surface area contributed by atoms with E-state index in [2.05, 4.69) is 18.2 Å². The third-order valence-electron chi connectivity index (χ3n) is 1.11. The first-order chi connectivity index (χ1) is 3.93. The van der Waals surface area contributed by atoms with Crippen molar-refractivity contribution in [1.29, 1.82) is 0 Å². The van der Waals surface area contributed by atoms with E-state index in [1.165, 1.54) is 5.57 Å². The molecule has 0 unspecified atom stereocenters. The minimum absolute atomic E-state index is 0. The molecule has 1 aliphatic rings. The van der Waals surface area contributed by atoms with Gasteiger partial charge in [0.05, 0.1) is 0 Å². The molecule has 1 aliphatic carbocycles. The molecule has 10 heavy (non-hydrogen) atoms. The first-order valence-corrected chi connectivity index (χ1v) is 3.20. The molecule has 0 aromatic carbocycles. The fourth-order valence-corrected chi connectivity index (χ4v) is 0.981. The number of rotatable bonds is 2. The zero-order chi connectivity index (χ0) is 5.82. The van der Waals surface area contributed by atoms with E-state index in [9.17, 15) is 0 Å². The number of allylic oxidation sites excluding steroid dienone is 3. The van der Waals surface area contributed by atoms with Crippen LogP contribution >= 0.6 is 24.8 Å². The summed E-state index contributed by atoms with van der Waals surface area (Å²) < 4.78 is 4.92. The van der Waals surface area contributed by atoms with Crippen LogP contribution in [-0.2, 0) is 24.1 Å². The fraction of sp³-hybridized carbons (Fsp3) is 0.333. The summed E-state index contributed by atoms with van der Waals surface area (Å²) in [5, 5.41) is 0. The standard InChI is InChI=1S/C6H7O.2ClH.Ti/c7-5-6-3-1-2-4-6;;;/h1-3H,4-5H2;2*1H;/q-1;;;+1. The van der Waals surface area contributed by atoms with Crippen molar-refractivity contribution >= 4 is 24.8 Å². The molecule has 4 heteroatoms. The van der Waals surface area contributed by atoms with Crippen LogP contribution in [-0.4, -0.2) is 6.61 Å². The zero-order valence-electron chi connectivity index (χ0n) is 5.37. The number of hydrogen-bond acceptors (Lipinski definition) is 1. The topological polar surface area (TPSA) is 9.23 Å². The van der Waals surface area contributed by atoms with Gasteiger partial charge in [-0.3, -0.25) is 0 Å². The van der Waals surface area contributed by atoms with Gasteiger partial charge in [-0.2, -0.15) is 0 Å². The molecule has 0 saturated carbocycles. The summed E-state index contributed by atoms with van der Waals surface area (Å²) in [5.74, 6) is 0. The maximum atomic E-state index is 4.92. The molecule has 1 rings (SSSR count). The van der Waals surface area contributed by atoms with E-state index in [-0.39, 0.29) is 24.8 Å². The van der Waals surface area contributed by atoms with Crippen LogP contribution in [0.1, 0.15) is 6.42 Å². The van der Waals surface area contributed by atoms with Gasteiger partial charge in [0.2, 0.25) is 0 Å². The van der Waals surface area contributed by atoms with Crippen LogP contribution in [0, 0.1) is 0 Å². The van der Waals surface area contributed by atoms with E-state index in [0.29, 0.717) is 0 Å². The van der Waals surface area contributed by atoms with Crippen LogP contribution in [0.2, 0.25) is 0 Å². The molecule has 0 radical (unpaired) electrons. The molecule has 0 aromatic heterocycles. The summed E-state index contributed by atoms with van der Waals surface area (Å²) in [6.45, 7) is 0.785. The molecular weight excluding hydrogens is 207 g/mol. The average molecular weight is 216 g/mol. The van der Waals surface area contributed by atoms with Crippen LogP contribution in [0.3, 0.4) is 0 Å². The van der Waals surface area contributed by atoms with Crippen molar-refractivity contribution in [3.05, 3.63) is 23.8 Å². The molecule has 0 heterocycles. The van der Waals surface area contributed by atoms with Gasteiger partial charge in [-0.25, -0.2) is 0 Å². The maximum absolute atomic E-state index is 4.92. The Balaban J connectivity index is 0. The average Bonchev–Trinajstić information content (AvgIpc) is 2.19. The van der Waals surface area contributed by atoms with Crippen molar-refractivity contribution in [3.63, 3.8) is 0 Å². The Labute approximate surface area is 85.6 Å². The molecule has 0 aliphatic heterocycles. The van der Waals surface area contributed by atoms with Crippen molar-refractivity contribution in [2.24, 2.45) is 0 Å². The molecule has 0 atom stereocenters. The van der Waals surface area contributed by atoms with E-state index in [0.717, 1.165) is 13.0 Å². The van der Waals surface area contributed by atoms with Gasteiger partial charge >= 0.3 is 61.0 Å². The molecular formula is C6H9Cl2OTi. The Hall–Kier alpha value is 0.734. The molecule has 0 N–H and O–H groups in total. The van der Waals surface area contributed by atoms with E-state index in [1.807, 2.05) is 0 Å². The number of halogens is 2. The third-order valence-corrected chi connectivity index (χ3v) is 1.33. The van der Waals surface area contributed by atoms with Gasteiger partial charge < -0.3 is 0 Å². The van der Waals surface area contributed by atoms with Gasteiger partial charge in [0.1, 0.15) is 0 Å². The Bertz CT molecular complexity index is 134. The van der Waals surface area contributed by atoms with Gasteiger partial charge in [-0.15, -0.1) is 24.8 Å². The predicted molar refractivity (Wildman–Crippen MR) is 42.3 cm³/mol. The van der Waals surface area contributed by atoms with Crippen molar-refractivity contribution in [2.45, 2.75) is 6.42 Å². The van der Waals surface area contributed by atoms with E-state index in [1.54, 1.807) is 20.8 Å². The minimum atomic E-state index is 0. The number of hydrogen-bond donors (Lipinski definition) is 0. The quantitative estimate of drug-likeness (QED) is 0.642. The summed E-state index contributed by atoms with van der Waals surface area (Å²) in [5.41, 5.74) is 1.37. The Morgan fingerprint density at radius 1 is 1.50 bits per heavy atom. The van der Waals surface area contributed by atoms with E-state index in [4.69, 9.17) is 3.32 Å².